The molecule has 5 heteroatoms. The molecule has 170 valence electrons. The molecular formula is C28H32OS2Si2. The van der Waals surface area contributed by atoms with E-state index in [1.165, 1.54) is 52.1 Å². The first-order chi connectivity index (χ1) is 15.7. The predicted octanol–water partition coefficient (Wildman–Crippen LogP) is 7.79. The van der Waals surface area contributed by atoms with Crippen molar-refractivity contribution in [1.82, 2.24) is 0 Å². The fraction of sp³-hybridized carbons (Fsp3) is 0.286. The van der Waals surface area contributed by atoms with Crippen LogP contribution in [0.15, 0.2) is 60.7 Å². The van der Waals surface area contributed by atoms with Gasteiger partial charge >= 0.3 is 0 Å². The van der Waals surface area contributed by atoms with Crippen molar-refractivity contribution in [3.8, 4) is 32.0 Å². The maximum Gasteiger partial charge on any atom is 0.206 e. The molecule has 0 radical (unpaired) electrons. The molecule has 0 bridgehead atoms. The fourth-order valence-electron chi connectivity index (χ4n) is 5.06. The van der Waals surface area contributed by atoms with Gasteiger partial charge in [0.1, 0.15) is 0 Å². The van der Waals surface area contributed by atoms with Crippen molar-refractivity contribution in [1.29, 1.82) is 0 Å². The molecule has 2 aromatic carbocycles. The van der Waals surface area contributed by atoms with Gasteiger partial charge in [0, 0.05) is 19.5 Å². The Morgan fingerprint density at radius 2 is 1.03 bits per heavy atom. The lowest BCUT2D eigenvalue weighted by atomic mass is 10.0. The summed E-state index contributed by atoms with van der Waals surface area (Å²) in [4.78, 5) is 5.61. The van der Waals surface area contributed by atoms with Gasteiger partial charge < -0.3 is 4.12 Å². The number of fused-ring (bicyclic) bond motifs is 3. The minimum atomic E-state index is -2.09. The van der Waals surface area contributed by atoms with Gasteiger partial charge in [0.05, 0.1) is 0 Å². The van der Waals surface area contributed by atoms with Gasteiger partial charge in [0.25, 0.3) is 0 Å². The largest absolute Gasteiger partial charge is 0.449 e. The zero-order valence-corrected chi connectivity index (χ0v) is 24.0. The molecule has 3 heterocycles. The third-order valence-electron chi connectivity index (χ3n) is 6.73. The van der Waals surface area contributed by atoms with E-state index < -0.39 is 16.6 Å². The molecule has 0 N–H and O–H groups in total. The summed E-state index contributed by atoms with van der Waals surface area (Å²) < 4.78 is 7.16. The molecule has 0 spiro atoms. The van der Waals surface area contributed by atoms with Crippen LogP contribution in [0.1, 0.15) is 23.6 Å². The van der Waals surface area contributed by atoms with Gasteiger partial charge in [-0.15, -0.1) is 22.7 Å². The number of hydrogen-bond donors (Lipinski definition) is 0. The molecule has 0 aliphatic carbocycles. The Kier molecular flexibility index (Phi) is 5.90. The Balaban J connectivity index is 1.67. The van der Waals surface area contributed by atoms with Gasteiger partial charge in [-0.2, -0.15) is 0 Å². The summed E-state index contributed by atoms with van der Waals surface area (Å²) in [7, 11) is -4.18. The average molecular weight is 505 g/mol. The second-order valence-electron chi connectivity index (χ2n) is 9.88. The average Bonchev–Trinajstić information content (AvgIpc) is 3.46. The lowest BCUT2D eigenvalue weighted by Gasteiger charge is -2.33. The third-order valence-corrected chi connectivity index (χ3v) is 16.8. The van der Waals surface area contributed by atoms with Gasteiger partial charge in [-0.3, -0.25) is 0 Å². The molecule has 5 rings (SSSR count). The zero-order chi connectivity index (χ0) is 23.4. The van der Waals surface area contributed by atoms with Gasteiger partial charge in [0.15, 0.2) is 0 Å². The van der Waals surface area contributed by atoms with Gasteiger partial charge in [-0.05, 0) is 95.9 Å². The summed E-state index contributed by atoms with van der Waals surface area (Å²) in [5, 5.41) is 2.87. The number of aryl methyl sites for hydroxylation is 2. The van der Waals surface area contributed by atoms with Crippen LogP contribution >= 0.6 is 22.7 Å². The molecule has 0 saturated heterocycles. The first-order valence-electron chi connectivity index (χ1n) is 11.9. The lowest BCUT2D eigenvalue weighted by Crippen LogP contribution is -2.55. The van der Waals surface area contributed by atoms with Gasteiger partial charge in [0.2, 0.25) is 16.6 Å². The first kappa shape index (κ1) is 23.0. The van der Waals surface area contributed by atoms with E-state index in [2.05, 4.69) is 101 Å². The van der Waals surface area contributed by atoms with Crippen LogP contribution in [0.4, 0.5) is 0 Å². The fourth-order valence-corrected chi connectivity index (χ4v) is 15.7. The molecule has 4 aromatic rings. The van der Waals surface area contributed by atoms with Crippen LogP contribution in [0.25, 0.3) is 32.0 Å². The van der Waals surface area contributed by atoms with E-state index in [4.69, 9.17) is 4.12 Å². The summed E-state index contributed by atoms with van der Waals surface area (Å²) in [5.74, 6) is 0. The molecule has 0 unspecified atom stereocenters. The first-order valence-corrected chi connectivity index (χ1v) is 19.3. The van der Waals surface area contributed by atoms with E-state index >= 15 is 0 Å². The van der Waals surface area contributed by atoms with Gasteiger partial charge in [-0.1, -0.05) is 50.2 Å². The Morgan fingerprint density at radius 1 is 0.606 bits per heavy atom. The monoisotopic (exact) mass is 504 g/mol. The topological polar surface area (TPSA) is 9.23 Å². The molecule has 1 aliphatic rings. The summed E-state index contributed by atoms with van der Waals surface area (Å²) >= 11 is 3.83. The molecule has 2 aromatic heterocycles. The highest BCUT2D eigenvalue weighted by Gasteiger charge is 2.42. The second-order valence-corrected chi connectivity index (χ2v) is 20.2. The van der Waals surface area contributed by atoms with Crippen molar-refractivity contribution in [2.24, 2.45) is 0 Å². The van der Waals surface area contributed by atoms with Crippen molar-refractivity contribution in [3.05, 3.63) is 70.4 Å². The number of hydrogen-bond acceptors (Lipinski definition) is 3. The SMILES string of the molecule is CCc1ccc(-c2ccc3c(c2)[Si](C)(C)O[Si](C)(C)c2cc(-c4ccc(CC)s4)ccc2-3)s1. The van der Waals surface area contributed by atoms with Crippen molar-refractivity contribution < 1.29 is 4.12 Å². The highest BCUT2D eigenvalue weighted by atomic mass is 32.1. The molecule has 1 aliphatic heterocycles. The zero-order valence-electron chi connectivity index (χ0n) is 20.4. The molecule has 33 heavy (non-hydrogen) atoms. The maximum absolute atomic E-state index is 7.16. The van der Waals surface area contributed by atoms with E-state index in [9.17, 15) is 0 Å². The smallest absolute Gasteiger partial charge is 0.206 e. The van der Waals surface area contributed by atoms with E-state index in [1.54, 1.807) is 0 Å². The van der Waals surface area contributed by atoms with E-state index in [0.717, 1.165) is 12.8 Å². The predicted molar refractivity (Wildman–Crippen MR) is 153 cm³/mol. The number of rotatable bonds is 4. The Morgan fingerprint density at radius 3 is 1.39 bits per heavy atom. The summed E-state index contributed by atoms with van der Waals surface area (Å²) in [6.45, 7) is 14.0. The van der Waals surface area contributed by atoms with Crippen LogP contribution in [0, 0.1) is 0 Å². The van der Waals surface area contributed by atoms with E-state index in [1.807, 2.05) is 22.7 Å². The minimum absolute atomic E-state index is 1.10. The molecule has 0 amide bonds. The molecule has 1 nitrogen and oxygen atoms in total. The summed E-state index contributed by atoms with van der Waals surface area (Å²) in [6, 6.07) is 23.3. The number of benzene rings is 2. The van der Waals surface area contributed by atoms with Crippen molar-refractivity contribution in [3.63, 3.8) is 0 Å². The highest BCUT2D eigenvalue weighted by Crippen LogP contribution is 2.36. The van der Waals surface area contributed by atoms with Crippen LogP contribution < -0.4 is 10.4 Å². The Labute approximate surface area is 208 Å². The molecule has 0 atom stereocenters. The van der Waals surface area contributed by atoms with Crippen LogP contribution in [0.5, 0.6) is 0 Å². The van der Waals surface area contributed by atoms with Crippen molar-refractivity contribution >= 4 is 49.7 Å². The molecule has 0 saturated carbocycles. The van der Waals surface area contributed by atoms with Crippen LogP contribution in [-0.4, -0.2) is 16.6 Å². The second kappa shape index (κ2) is 8.47. The van der Waals surface area contributed by atoms with Crippen molar-refractivity contribution in [2.45, 2.75) is 52.9 Å². The molecular weight excluding hydrogens is 473 g/mol. The molecule has 0 fully saturated rings. The minimum Gasteiger partial charge on any atom is -0.449 e. The lowest BCUT2D eigenvalue weighted by molar-refractivity contribution is 0.574. The van der Waals surface area contributed by atoms with Crippen molar-refractivity contribution in [2.75, 3.05) is 0 Å². The third kappa shape index (κ3) is 4.15. The summed E-state index contributed by atoms with van der Waals surface area (Å²) in [6.07, 6.45) is 2.19. The van der Waals surface area contributed by atoms with Gasteiger partial charge in [-0.25, -0.2) is 0 Å². The van der Waals surface area contributed by atoms with Crippen LogP contribution in [0.2, 0.25) is 26.2 Å². The maximum atomic E-state index is 7.16. The quantitative estimate of drug-likeness (QED) is 0.258. The summed E-state index contributed by atoms with van der Waals surface area (Å²) in [5.41, 5.74) is 5.41. The highest BCUT2D eigenvalue weighted by molar-refractivity contribution is 7.15. The number of thiophene rings is 2. The van der Waals surface area contributed by atoms with E-state index in [-0.39, 0.29) is 0 Å². The Bertz CT molecular complexity index is 1230. The van der Waals surface area contributed by atoms with Crippen LogP contribution in [-0.2, 0) is 17.0 Å². The standard InChI is InChI=1S/C28H32OS2Si2/c1-7-21-11-15-25(30-21)19-9-13-23-24-14-10-20(26-16-12-22(8-2)31-26)18-28(24)33(5,6)29-32(3,4)27(23)17-19/h9-18H,7-8H2,1-6H3. The van der Waals surface area contributed by atoms with Crippen LogP contribution in [0.3, 0.4) is 0 Å². The van der Waals surface area contributed by atoms with E-state index in [0.29, 0.717) is 0 Å². The normalized spacial score (nSPS) is 16.2. The Hall–Kier alpha value is -1.77.